The van der Waals surface area contributed by atoms with Crippen LogP contribution in [-0.2, 0) is 26.7 Å². The summed E-state index contributed by atoms with van der Waals surface area (Å²) in [5.74, 6) is 2.43. The molecular formula is C26H28O9S2. The maximum absolute atomic E-state index is 13.0. The molecule has 0 saturated carbocycles. The lowest BCUT2D eigenvalue weighted by Gasteiger charge is -2.14. The molecule has 0 aromatic heterocycles. The zero-order valence-corrected chi connectivity index (χ0v) is 22.6. The Labute approximate surface area is 218 Å². The molecule has 0 radical (unpaired) electrons. The molecule has 3 rings (SSSR count). The smallest absolute Gasteiger partial charge is 0.295 e. The number of methoxy groups -OCH3 is 5. The third kappa shape index (κ3) is 6.62. The van der Waals surface area contributed by atoms with Crippen molar-refractivity contribution in [1.29, 1.82) is 0 Å². The highest BCUT2D eigenvalue weighted by atomic mass is 32.2. The Morgan fingerprint density at radius 2 is 1.38 bits per heavy atom. The summed E-state index contributed by atoms with van der Waals surface area (Å²) in [5.41, 5.74) is 1.83. The van der Waals surface area contributed by atoms with Crippen molar-refractivity contribution in [3.63, 3.8) is 0 Å². The lowest BCUT2D eigenvalue weighted by Crippen LogP contribution is -2.03. The molecule has 11 heteroatoms. The average Bonchev–Trinajstić information content (AvgIpc) is 2.90. The van der Waals surface area contributed by atoms with Gasteiger partial charge in [0.25, 0.3) is 10.1 Å². The van der Waals surface area contributed by atoms with E-state index in [0.29, 0.717) is 45.4 Å². The predicted octanol–water partition coefficient (Wildman–Crippen LogP) is 4.56. The molecule has 37 heavy (non-hydrogen) atoms. The van der Waals surface area contributed by atoms with Gasteiger partial charge < -0.3 is 23.7 Å². The molecule has 1 unspecified atom stereocenters. The van der Waals surface area contributed by atoms with Crippen LogP contribution in [0.25, 0.3) is 17.2 Å². The van der Waals surface area contributed by atoms with E-state index in [4.69, 9.17) is 23.7 Å². The molecular weight excluding hydrogens is 520 g/mol. The monoisotopic (exact) mass is 548 g/mol. The zero-order chi connectivity index (χ0) is 27.2. The summed E-state index contributed by atoms with van der Waals surface area (Å²) in [5, 5.41) is 1.52. The van der Waals surface area contributed by atoms with E-state index in [-0.39, 0.29) is 16.2 Å². The van der Waals surface area contributed by atoms with Crippen LogP contribution in [0.1, 0.15) is 11.1 Å². The lowest BCUT2D eigenvalue weighted by atomic mass is 10.0. The first-order valence-corrected chi connectivity index (χ1v) is 13.7. The molecule has 0 saturated heterocycles. The first-order valence-electron chi connectivity index (χ1n) is 10.8. The van der Waals surface area contributed by atoms with Crippen LogP contribution in [-0.4, -0.2) is 52.7 Å². The van der Waals surface area contributed by atoms with Crippen LogP contribution in [0.4, 0.5) is 0 Å². The second-order valence-corrected chi connectivity index (χ2v) is 10.4. The van der Waals surface area contributed by atoms with Crippen LogP contribution in [0.15, 0.2) is 58.8 Å². The minimum Gasteiger partial charge on any atom is -0.497 e. The van der Waals surface area contributed by atoms with Gasteiger partial charge in [0, 0.05) is 28.7 Å². The zero-order valence-electron chi connectivity index (χ0n) is 21.0. The summed E-state index contributed by atoms with van der Waals surface area (Å²) in [4.78, 5) is -0.302. The summed E-state index contributed by atoms with van der Waals surface area (Å²) in [6.45, 7) is 0. The number of hydrogen-bond acceptors (Lipinski definition) is 8. The van der Waals surface area contributed by atoms with E-state index in [0.717, 1.165) is 0 Å². The van der Waals surface area contributed by atoms with Gasteiger partial charge in [0.15, 0.2) is 0 Å². The van der Waals surface area contributed by atoms with Gasteiger partial charge in [0.2, 0.25) is 0 Å². The van der Waals surface area contributed by atoms with Crippen molar-refractivity contribution in [3.05, 3.63) is 65.1 Å². The van der Waals surface area contributed by atoms with Gasteiger partial charge in [-0.15, -0.1) is 0 Å². The Hall–Kier alpha value is -3.54. The largest absolute Gasteiger partial charge is 0.497 e. The van der Waals surface area contributed by atoms with Gasteiger partial charge in [0.1, 0.15) is 33.6 Å². The van der Waals surface area contributed by atoms with E-state index in [1.807, 2.05) is 0 Å². The maximum atomic E-state index is 13.0. The van der Waals surface area contributed by atoms with Gasteiger partial charge in [-0.1, -0.05) is 6.07 Å². The van der Waals surface area contributed by atoms with E-state index < -0.39 is 20.9 Å². The molecule has 0 fully saturated rings. The van der Waals surface area contributed by atoms with Gasteiger partial charge in [-0.3, -0.25) is 8.76 Å². The van der Waals surface area contributed by atoms with Gasteiger partial charge >= 0.3 is 0 Å². The molecule has 0 aliphatic carbocycles. The van der Waals surface area contributed by atoms with E-state index in [1.165, 1.54) is 59.2 Å². The molecule has 9 nitrogen and oxygen atoms in total. The summed E-state index contributed by atoms with van der Waals surface area (Å²) in [6, 6.07) is 12.6. The first kappa shape index (κ1) is 28.0. The van der Waals surface area contributed by atoms with E-state index in [1.54, 1.807) is 36.4 Å². The second kappa shape index (κ2) is 12.1. The van der Waals surface area contributed by atoms with Crippen molar-refractivity contribution in [2.75, 3.05) is 35.5 Å². The van der Waals surface area contributed by atoms with Crippen LogP contribution in [0, 0.1) is 0 Å². The molecule has 1 atom stereocenters. The van der Waals surface area contributed by atoms with Gasteiger partial charge in [-0.05, 0) is 42.0 Å². The fourth-order valence-electron chi connectivity index (χ4n) is 3.68. The highest BCUT2D eigenvalue weighted by Gasteiger charge is 2.21. The number of benzene rings is 3. The molecule has 1 N–H and O–H groups in total. The molecule has 0 heterocycles. The lowest BCUT2D eigenvalue weighted by molar-refractivity contribution is 0.374. The van der Waals surface area contributed by atoms with Crippen LogP contribution in [0.3, 0.4) is 0 Å². The van der Waals surface area contributed by atoms with Crippen molar-refractivity contribution in [1.82, 2.24) is 0 Å². The molecule has 0 spiro atoms. The van der Waals surface area contributed by atoms with Crippen molar-refractivity contribution in [3.8, 4) is 39.9 Å². The average molecular weight is 549 g/mol. The second-order valence-electron chi connectivity index (χ2n) is 7.65. The van der Waals surface area contributed by atoms with Crippen molar-refractivity contribution in [2.24, 2.45) is 0 Å². The van der Waals surface area contributed by atoms with Crippen LogP contribution >= 0.6 is 0 Å². The SMILES string of the molecule is COc1cc(OC)c(/C=C/S(=O)Cc2ccc(OC)c(-c3cc(OC)ccc3S(=O)(=O)O)c2)c(OC)c1. The van der Waals surface area contributed by atoms with Crippen molar-refractivity contribution in [2.45, 2.75) is 10.6 Å². The normalized spacial score (nSPS) is 12.3. The Bertz CT molecular complexity index is 1400. The van der Waals surface area contributed by atoms with Gasteiger partial charge in [0.05, 0.1) is 57.7 Å². The molecule has 0 amide bonds. The summed E-state index contributed by atoms with van der Waals surface area (Å²) >= 11 is 0. The third-order valence-corrected chi connectivity index (χ3v) is 7.44. The summed E-state index contributed by atoms with van der Waals surface area (Å²) < 4.78 is 73.6. The van der Waals surface area contributed by atoms with Gasteiger partial charge in [-0.25, -0.2) is 0 Å². The molecule has 3 aromatic carbocycles. The molecule has 3 aromatic rings. The topological polar surface area (TPSA) is 118 Å². The highest BCUT2D eigenvalue weighted by molar-refractivity contribution is 7.87. The van der Waals surface area contributed by atoms with Crippen LogP contribution < -0.4 is 23.7 Å². The maximum Gasteiger partial charge on any atom is 0.295 e. The quantitative estimate of drug-likeness (QED) is 0.344. The number of rotatable bonds is 11. The first-order chi connectivity index (χ1) is 17.6. The summed E-state index contributed by atoms with van der Waals surface area (Å²) in [7, 11) is 1.46. The van der Waals surface area contributed by atoms with Crippen molar-refractivity contribution >= 4 is 27.0 Å². The molecule has 198 valence electrons. The van der Waals surface area contributed by atoms with E-state index >= 15 is 0 Å². The standard InChI is InChI=1S/C26H28O9S2/c1-31-18-7-9-26(37(28,29)30)22(13-18)21-12-17(6-8-23(21)33-3)16-36(27)11-10-20-24(34-4)14-19(32-2)15-25(20)35-5/h6-15H,16H2,1-5H3,(H,28,29,30)/b11-10+. The number of ether oxygens (including phenoxy) is 5. The fourth-order valence-corrected chi connectivity index (χ4v) is 5.26. The van der Waals surface area contributed by atoms with Crippen LogP contribution in [0.2, 0.25) is 0 Å². The Morgan fingerprint density at radius 3 is 1.92 bits per heavy atom. The fraction of sp³-hybridized carbons (Fsp3) is 0.231. The minimum absolute atomic E-state index is 0.124. The predicted molar refractivity (Wildman–Crippen MR) is 142 cm³/mol. The Kier molecular flexibility index (Phi) is 9.19. The third-order valence-electron chi connectivity index (χ3n) is 5.47. The Morgan fingerprint density at radius 1 is 0.757 bits per heavy atom. The Balaban J connectivity index is 1.98. The van der Waals surface area contributed by atoms with E-state index in [2.05, 4.69) is 0 Å². The molecule has 0 aliphatic heterocycles. The molecule has 0 aliphatic rings. The van der Waals surface area contributed by atoms with Crippen LogP contribution in [0.5, 0.6) is 28.7 Å². The summed E-state index contributed by atoms with van der Waals surface area (Å²) in [6.07, 6.45) is 1.65. The molecule has 0 bridgehead atoms. The van der Waals surface area contributed by atoms with E-state index in [9.17, 15) is 17.2 Å². The highest BCUT2D eigenvalue weighted by Crippen LogP contribution is 2.38. The number of hydrogen-bond donors (Lipinski definition) is 1. The van der Waals surface area contributed by atoms with Gasteiger partial charge in [-0.2, -0.15) is 8.42 Å². The minimum atomic E-state index is -4.54. The van der Waals surface area contributed by atoms with Crippen molar-refractivity contribution < 1.29 is 40.9 Å².